The second kappa shape index (κ2) is 8.52. The molecule has 0 fully saturated rings. The van der Waals surface area contributed by atoms with Crippen molar-refractivity contribution in [3.05, 3.63) is 29.8 Å². The van der Waals surface area contributed by atoms with Gasteiger partial charge in [-0.25, -0.2) is 0 Å². The zero-order chi connectivity index (χ0) is 16.6. The van der Waals surface area contributed by atoms with Crippen LogP contribution in [0.3, 0.4) is 0 Å². The molecule has 0 aromatic heterocycles. The number of thioether (sulfide) groups is 1. The van der Waals surface area contributed by atoms with Gasteiger partial charge in [0.15, 0.2) is 6.61 Å². The van der Waals surface area contributed by atoms with Gasteiger partial charge < -0.3 is 15.2 Å². The number of ether oxygens (including phenoxy) is 1. The highest BCUT2D eigenvalue weighted by Crippen LogP contribution is 2.18. The maximum absolute atomic E-state index is 12.0. The molecule has 1 amide bonds. The van der Waals surface area contributed by atoms with E-state index in [1.807, 2.05) is 0 Å². The van der Waals surface area contributed by atoms with Gasteiger partial charge in [-0.2, -0.15) is 13.2 Å². The van der Waals surface area contributed by atoms with Gasteiger partial charge in [0.25, 0.3) is 5.91 Å². The summed E-state index contributed by atoms with van der Waals surface area (Å²) >= 11 is 1.17. The van der Waals surface area contributed by atoms with E-state index in [4.69, 9.17) is 5.11 Å². The van der Waals surface area contributed by atoms with E-state index >= 15 is 0 Å². The van der Waals surface area contributed by atoms with Crippen LogP contribution in [-0.4, -0.2) is 47.8 Å². The van der Waals surface area contributed by atoms with E-state index in [0.29, 0.717) is 12.3 Å². The summed E-state index contributed by atoms with van der Waals surface area (Å²) in [5.41, 5.74) is 0.280. The molecule has 0 atom stereocenters. The molecule has 1 aromatic rings. The standard InChI is InChI=1S/C13H14F3NO4S/c14-13(15,16)8-21-10-3-1-9(2-4-10)12(20)17-5-6-22-7-11(18)19/h1-4H,5-8H2,(H,17,20)(H,18,19). The second-order valence-corrected chi connectivity index (χ2v) is 5.24. The van der Waals surface area contributed by atoms with Crippen LogP contribution < -0.4 is 10.1 Å². The van der Waals surface area contributed by atoms with Gasteiger partial charge in [-0.1, -0.05) is 0 Å². The minimum atomic E-state index is -4.41. The molecule has 1 aromatic carbocycles. The van der Waals surface area contributed by atoms with Gasteiger partial charge in [0, 0.05) is 17.9 Å². The predicted molar refractivity (Wildman–Crippen MR) is 75.3 cm³/mol. The quantitative estimate of drug-likeness (QED) is 0.711. The number of carboxylic acids is 1. The average Bonchev–Trinajstić information content (AvgIpc) is 2.44. The molecule has 0 aliphatic heterocycles. The van der Waals surface area contributed by atoms with Crippen LogP contribution in [0.2, 0.25) is 0 Å². The molecule has 1 rings (SSSR count). The van der Waals surface area contributed by atoms with Gasteiger partial charge in [0.05, 0.1) is 5.75 Å². The van der Waals surface area contributed by atoms with Crippen molar-refractivity contribution in [2.75, 3.05) is 24.7 Å². The molecule has 0 bridgehead atoms. The lowest BCUT2D eigenvalue weighted by Crippen LogP contribution is -2.26. The molecular formula is C13H14F3NO4S. The smallest absolute Gasteiger partial charge is 0.422 e. The first kappa shape index (κ1) is 18.1. The van der Waals surface area contributed by atoms with Crippen molar-refractivity contribution in [3.63, 3.8) is 0 Å². The molecule has 9 heteroatoms. The Morgan fingerprint density at radius 1 is 1.23 bits per heavy atom. The van der Waals surface area contributed by atoms with Crippen LogP contribution >= 0.6 is 11.8 Å². The van der Waals surface area contributed by atoms with Gasteiger partial charge in [0.1, 0.15) is 5.75 Å². The number of halogens is 3. The number of aliphatic carboxylic acids is 1. The molecule has 122 valence electrons. The Morgan fingerprint density at radius 3 is 2.41 bits per heavy atom. The van der Waals surface area contributed by atoms with Crippen LogP contribution in [0.25, 0.3) is 0 Å². The highest BCUT2D eigenvalue weighted by Gasteiger charge is 2.28. The number of benzene rings is 1. The Labute approximate surface area is 128 Å². The second-order valence-electron chi connectivity index (χ2n) is 4.13. The Kier molecular flexibility index (Phi) is 7.03. The van der Waals surface area contributed by atoms with Crippen molar-refractivity contribution in [2.24, 2.45) is 0 Å². The number of carbonyl (C=O) groups is 2. The molecule has 0 spiro atoms. The van der Waals surface area contributed by atoms with E-state index in [-0.39, 0.29) is 17.1 Å². The molecule has 0 radical (unpaired) electrons. The molecule has 0 saturated carbocycles. The van der Waals surface area contributed by atoms with Crippen LogP contribution in [0.4, 0.5) is 13.2 Å². The summed E-state index contributed by atoms with van der Waals surface area (Å²) in [6.07, 6.45) is -4.41. The fraction of sp³-hybridized carbons (Fsp3) is 0.385. The van der Waals surface area contributed by atoms with E-state index in [1.54, 1.807) is 0 Å². The van der Waals surface area contributed by atoms with Crippen LogP contribution in [0.15, 0.2) is 24.3 Å². The predicted octanol–water partition coefficient (Wildman–Crippen LogP) is 2.18. The molecule has 2 N–H and O–H groups in total. The minimum Gasteiger partial charge on any atom is -0.484 e. The highest BCUT2D eigenvalue weighted by atomic mass is 32.2. The van der Waals surface area contributed by atoms with Gasteiger partial charge in [0.2, 0.25) is 0 Å². The van der Waals surface area contributed by atoms with Gasteiger partial charge >= 0.3 is 12.1 Å². The maximum Gasteiger partial charge on any atom is 0.422 e. The number of amides is 1. The zero-order valence-corrected chi connectivity index (χ0v) is 12.2. The van der Waals surface area contributed by atoms with Crippen molar-refractivity contribution in [3.8, 4) is 5.75 Å². The first-order valence-electron chi connectivity index (χ1n) is 6.15. The lowest BCUT2D eigenvalue weighted by molar-refractivity contribution is -0.153. The fourth-order valence-corrected chi connectivity index (χ4v) is 1.93. The summed E-state index contributed by atoms with van der Waals surface area (Å²) in [4.78, 5) is 22.0. The van der Waals surface area contributed by atoms with Crippen molar-refractivity contribution >= 4 is 23.6 Å². The molecule has 5 nitrogen and oxygen atoms in total. The normalized spacial score (nSPS) is 11.0. The first-order chi connectivity index (χ1) is 10.3. The van der Waals surface area contributed by atoms with Crippen LogP contribution in [0.1, 0.15) is 10.4 Å². The number of nitrogens with one attached hydrogen (secondary N) is 1. The summed E-state index contributed by atoms with van der Waals surface area (Å²) in [5.74, 6) is -0.888. The lowest BCUT2D eigenvalue weighted by Gasteiger charge is -2.09. The number of hydrogen-bond donors (Lipinski definition) is 2. The van der Waals surface area contributed by atoms with Crippen molar-refractivity contribution < 1.29 is 32.6 Å². The van der Waals surface area contributed by atoms with E-state index in [0.717, 1.165) is 0 Å². The Morgan fingerprint density at radius 2 is 1.86 bits per heavy atom. The summed E-state index contributed by atoms with van der Waals surface area (Å²) in [7, 11) is 0. The monoisotopic (exact) mass is 337 g/mol. The topological polar surface area (TPSA) is 75.6 Å². The van der Waals surface area contributed by atoms with Crippen LogP contribution in [0.5, 0.6) is 5.75 Å². The number of carbonyl (C=O) groups excluding carboxylic acids is 1. The number of alkyl halides is 3. The number of carboxylic acid groups (broad SMARTS) is 1. The van der Waals surface area contributed by atoms with Crippen LogP contribution in [-0.2, 0) is 4.79 Å². The highest BCUT2D eigenvalue weighted by molar-refractivity contribution is 7.99. The molecule has 0 aliphatic carbocycles. The van der Waals surface area contributed by atoms with E-state index in [2.05, 4.69) is 10.1 Å². The minimum absolute atomic E-state index is 0.0193. The molecule has 0 saturated heterocycles. The van der Waals surface area contributed by atoms with E-state index < -0.39 is 24.7 Å². The van der Waals surface area contributed by atoms with E-state index in [9.17, 15) is 22.8 Å². The number of hydrogen-bond acceptors (Lipinski definition) is 4. The Hall–Kier alpha value is -1.90. The Balaban J connectivity index is 2.36. The maximum atomic E-state index is 12.0. The van der Waals surface area contributed by atoms with Gasteiger partial charge in [-0.05, 0) is 24.3 Å². The zero-order valence-electron chi connectivity index (χ0n) is 11.4. The summed E-state index contributed by atoms with van der Waals surface area (Å²) < 4.78 is 40.4. The molecule has 22 heavy (non-hydrogen) atoms. The Bertz CT molecular complexity index is 505. The van der Waals surface area contributed by atoms with Crippen molar-refractivity contribution in [1.29, 1.82) is 0 Å². The van der Waals surface area contributed by atoms with Gasteiger partial charge in [-0.3, -0.25) is 9.59 Å². The average molecular weight is 337 g/mol. The summed E-state index contributed by atoms with van der Waals surface area (Å²) in [5, 5.41) is 11.0. The summed E-state index contributed by atoms with van der Waals surface area (Å²) in [6, 6.07) is 5.26. The first-order valence-corrected chi connectivity index (χ1v) is 7.31. The molecular weight excluding hydrogens is 323 g/mol. The third-order valence-electron chi connectivity index (χ3n) is 2.28. The summed E-state index contributed by atoms with van der Waals surface area (Å²) in [6.45, 7) is -1.09. The van der Waals surface area contributed by atoms with Gasteiger partial charge in [-0.15, -0.1) is 11.8 Å². The van der Waals surface area contributed by atoms with E-state index in [1.165, 1.54) is 36.0 Å². The van der Waals surface area contributed by atoms with Crippen molar-refractivity contribution in [1.82, 2.24) is 5.32 Å². The molecule has 0 aliphatic rings. The largest absolute Gasteiger partial charge is 0.484 e. The number of rotatable bonds is 8. The SMILES string of the molecule is O=C(O)CSCCNC(=O)c1ccc(OCC(F)(F)F)cc1. The lowest BCUT2D eigenvalue weighted by atomic mass is 10.2. The molecule has 0 heterocycles. The third kappa shape index (κ3) is 7.77. The fourth-order valence-electron chi connectivity index (χ4n) is 1.37. The van der Waals surface area contributed by atoms with Crippen molar-refractivity contribution in [2.45, 2.75) is 6.18 Å². The third-order valence-corrected chi connectivity index (χ3v) is 3.22. The molecule has 0 unspecified atom stereocenters. The van der Waals surface area contributed by atoms with Crippen LogP contribution in [0, 0.1) is 0 Å².